The number of benzene rings is 1. The van der Waals surface area contributed by atoms with E-state index < -0.39 is 5.60 Å². The number of hydrogen-bond acceptors (Lipinski definition) is 4. The number of nitrogens with one attached hydrogen (secondary N) is 1. The van der Waals surface area contributed by atoms with Gasteiger partial charge in [-0.2, -0.15) is 0 Å². The molecule has 1 amide bonds. The van der Waals surface area contributed by atoms with Crippen molar-refractivity contribution in [2.75, 3.05) is 0 Å². The Labute approximate surface area is 162 Å². The molecule has 0 aliphatic heterocycles. The fourth-order valence-electron chi connectivity index (χ4n) is 3.20. The van der Waals surface area contributed by atoms with Crippen LogP contribution in [-0.2, 0) is 4.74 Å². The van der Waals surface area contributed by atoms with Gasteiger partial charge in [0.25, 0.3) is 0 Å². The second-order valence-electron chi connectivity index (χ2n) is 7.68. The van der Waals surface area contributed by atoms with Gasteiger partial charge in [-0.15, -0.1) is 0 Å². The summed E-state index contributed by atoms with van der Waals surface area (Å²) < 4.78 is 12.5. The van der Waals surface area contributed by atoms with Crippen molar-refractivity contribution < 1.29 is 14.3 Å². The van der Waals surface area contributed by atoms with E-state index in [4.69, 9.17) is 9.47 Å². The van der Waals surface area contributed by atoms with Gasteiger partial charge in [0.15, 0.2) is 0 Å². The molecule has 1 N–H and O–H groups in total. The predicted octanol–water partition coefficient (Wildman–Crippen LogP) is 5.21. The van der Waals surface area contributed by atoms with Gasteiger partial charge < -0.3 is 14.8 Å². The van der Waals surface area contributed by atoms with Crippen LogP contribution in [0.3, 0.4) is 0 Å². The maximum Gasteiger partial charge on any atom is 0.407 e. The fourth-order valence-corrected chi connectivity index (χ4v) is 3.66. The van der Waals surface area contributed by atoms with E-state index in [0.717, 1.165) is 46.8 Å². The number of carbonyl (C=O) groups is 1. The Morgan fingerprint density at radius 3 is 2.62 bits per heavy atom. The molecule has 0 atom stereocenters. The van der Waals surface area contributed by atoms with Crippen LogP contribution < -0.4 is 10.1 Å². The van der Waals surface area contributed by atoms with E-state index in [1.165, 1.54) is 0 Å². The topological polar surface area (TPSA) is 60.5 Å². The van der Waals surface area contributed by atoms with E-state index >= 15 is 0 Å². The smallest absolute Gasteiger partial charge is 0.407 e. The zero-order chi connectivity index (χ0) is 18.7. The van der Waals surface area contributed by atoms with E-state index in [1.54, 1.807) is 6.20 Å². The number of alkyl carbamates (subject to hydrolysis) is 1. The minimum Gasteiger partial charge on any atom is -0.490 e. The summed E-state index contributed by atoms with van der Waals surface area (Å²) in [4.78, 5) is 16.3. The average molecular weight is 421 g/mol. The summed E-state index contributed by atoms with van der Waals surface area (Å²) in [6, 6.07) is 8.06. The summed E-state index contributed by atoms with van der Waals surface area (Å²) in [7, 11) is 0. The van der Waals surface area contributed by atoms with Crippen molar-refractivity contribution in [1.29, 1.82) is 0 Å². The molecule has 0 unspecified atom stereocenters. The summed E-state index contributed by atoms with van der Waals surface area (Å²) in [5.74, 6) is 0.861. The van der Waals surface area contributed by atoms with Crippen molar-refractivity contribution in [1.82, 2.24) is 10.3 Å². The number of halogens is 1. The molecule has 1 heterocycles. The van der Waals surface area contributed by atoms with Crippen LogP contribution in [0.15, 0.2) is 34.9 Å². The van der Waals surface area contributed by atoms with Crippen LogP contribution in [0.5, 0.6) is 5.75 Å². The first-order valence-electron chi connectivity index (χ1n) is 9.01. The number of para-hydroxylation sites is 1. The van der Waals surface area contributed by atoms with Gasteiger partial charge in [0.1, 0.15) is 11.4 Å². The molecule has 1 saturated carbocycles. The van der Waals surface area contributed by atoms with Crippen LogP contribution in [-0.4, -0.2) is 28.8 Å². The predicted molar refractivity (Wildman–Crippen MR) is 105 cm³/mol. The maximum atomic E-state index is 11.9. The summed E-state index contributed by atoms with van der Waals surface area (Å²) >= 11 is 3.54. The van der Waals surface area contributed by atoms with Crippen LogP contribution in [0.4, 0.5) is 4.79 Å². The van der Waals surface area contributed by atoms with E-state index in [1.807, 2.05) is 45.0 Å². The largest absolute Gasteiger partial charge is 0.490 e. The number of fused-ring (bicyclic) bond motifs is 1. The van der Waals surface area contributed by atoms with Gasteiger partial charge in [-0.1, -0.05) is 6.07 Å². The molecule has 0 bridgehead atoms. The van der Waals surface area contributed by atoms with Gasteiger partial charge in [0.2, 0.25) is 0 Å². The molecular formula is C20H25BrN2O3. The summed E-state index contributed by atoms with van der Waals surface area (Å²) in [5.41, 5.74) is 0.437. The number of carbonyl (C=O) groups excluding carboxylic acids is 1. The first kappa shape index (κ1) is 19.0. The molecule has 5 nitrogen and oxygen atoms in total. The molecule has 0 radical (unpaired) electrons. The molecule has 2 aromatic rings. The highest BCUT2D eigenvalue weighted by molar-refractivity contribution is 9.10. The molecule has 1 aliphatic carbocycles. The highest BCUT2D eigenvalue weighted by Crippen LogP contribution is 2.31. The summed E-state index contributed by atoms with van der Waals surface area (Å²) in [6.07, 6.45) is 5.16. The zero-order valence-corrected chi connectivity index (χ0v) is 17.0. The van der Waals surface area contributed by atoms with Crippen molar-refractivity contribution >= 4 is 32.9 Å². The van der Waals surface area contributed by atoms with Crippen molar-refractivity contribution in [3.05, 3.63) is 34.9 Å². The summed E-state index contributed by atoms with van der Waals surface area (Å²) in [6.45, 7) is 5.61. The van der Waals surface area contributed by atoms with E-state index in [9.17, 15) is 4.79 Å². The lowest BCUT2D eigenvalue weighted by atomic mass is 9.93. The molecule has 3 rings (SSSR count). The first-order valence-corrected chi connectivity index (χ1v) is 9.80. The fraction of sp³-hybridized carbons (Fsp3) is 0.500. The quantitative estimate of drug-likeness (QED) is 0.739. The Kier molecular flexibility index (Phi) is 5.70. The lowest BCUT2D eigenvalue weighted by molar-refractivity contribution is 0.0471. The molecule has 1 aliphatic rings. The minimum absolute atomic E-state index is 0.146. The lowest BCUT2D eigenvalue weighted by Crippen LogP contribution is -2.42. The Balaban J connectivity index is 1.57. The third-order valence-electron chi connectivity index (χ3n) is 4.37. The van der Waals surface area contributed by atoms with Gasteiger partial charge in [-0.05, 0) is 80.6 Å². The van der Waals surface area contributed by atoms with Crippen molar-refractivity contribution in [2.45, 2.75) is 64.2 Å². The van der Waals surface area contributed by atoms with Gasteiger partial charge >= 0.3 is 6.09 Å². The second kappa shape index (κ2) is 7.82. The molecule has 1 fully saturated rings. The Hall–Kier alpha value is -1.82. The molecule has 140 valence electrons. The molecule has 0 spiro atoms. The Morgan fingerprint density at radius 2 is 1.92 bits per heavy atom. The second-order valence-corrected chi connectivity index (χ2v) is 8.54. The maximum absolute atomic E-state index is 11.9. The van der Waals surface area contributed by atoms with Gasteiger partial charge in [0, 0.05) is 22.1 Å². The molecular weight excluding hydrogens is 396 g/mol. The number of ether oxygens (including phenoxy) is 2. The highest BCUT2D eigenvalue weighted by Gasteiger charge is 2.26. The van der Waals surface area contributed by atoms with Gasteiger partial charge in [-0.3, -0.25) is 4.98 Å². The SMILES string of the molecule is CC(C)(C)OC(=O)NC1CCC(Oc2ccnc3c(Br)cccc23)CC1. The Morgan fingerprint density at radius 1 is 1.19 bits per heavy atom. The summed E-state index contributed by atoms with van der Waals surface area (Å²) in [5, 5.41) is 3.97. The standard InChI is InChI=1S/C20H25BrN2O3/c1-20(2,3)26-19(24)23-13-7-9-14(10-8-13)25-17-11-12-22-18-15(17)5-4-6-16(18)21/h4-6,11-14H,7-10H2,1-3H3,(H,23,24). The monoisotopic (exact) mass is 420 g/mol. The molecule has 1 aromatic heterocycles. The number of nitrogens with zero attached hydrogens (tertiary/aromatic N) is 1. The number of pyridine rings is 1. The number of aromatic nitrogens is 1. The molecule has 1 aromatic carbocycles. The van der Waals surface area contributed by atoms with Crippen LogP contribution in [0, 0.1) is 0 Å². The van der Waals surface area contributed by atoms with Crippen molar-refractivity contribution in [2.24, 2.45) is 0 Å². The van der Waals surface area contributed by atoms with Crippen LogP contribution in [0.2, 0.25) is 0 Å². The zero-order valence-electron chi connectivity index (χ0n) is 15.4. The number of amides is 1. The minimum atomic E-state index is -0.471. The highest BCUT2D eigenvalue weighted by atomic mass is 79.9. The first-order chi connectivity index (χ1) is 12.3. The van der Waals surface area contributed by atoms with Crippen molar-refractivity contribution in [3.63, 3.8) is 0 Å². The normalized spacial score (nSPS) is 20.6. The lowest BCUT2D eigenvalue weighted by Gasteiger charge is -2.30. The van der Waals surface area contributed by atoms with Crippen LogP contribution >= 0.6 is 15.9 Å². The van der Waals surface area contributed by atoms with Crippen molar-refractivity contribution in [3.8, 4) is 5.75 Å². The third-order valence-corrected chi connectivity index (χ3v) is 5.01. The third kappa shape index (κ3) is 4.87. The number of hydrogen-bond donors (Lipinski definition) is 1. The molecule has 26 heavy (non-hydrogen) atoms. The number of rotatable bonds is 3. The Bertz CT molecular complexity index is 780. The van der Waals surface area contributed by atoms with E-state index in [0.29, 0.717) is 0 Å². The van der Waals surface area contributed by atoms with E-state index in [-0.39, 0.29) is 18.2 Å². The molecule has 0 saturated heterocycles. The van der Waals surface area contributed by atoms with E-state index in [2.05, 4.69) is 26.2 Å². The van der Waals surface area contributed by atoms with Crippen LogP contribution in [0.1, 0.15) is 46.5 Å². The molecule has 6 heteroatoms. The average Bonchev–Trinajstić information content (AvgIpc) is 2.56. The van der Waals surface area contributed by atoms with Crippen LogP contribution in [0.25, 0.3) is 10.9 Å². The van der Waals surface area contributed by atoms with Gasteiger partial charge in [0.05, 0.1) is 11.6 Å². The van der Waals surface area contributed by atoms with Gasteiger partial charge in [-0.25, -0.2) is 4.79 Å².